The van der Waals surface area contributed by atoms with E-state index in [0.29, 0.717) is 10.6 Å². The summed E-state index contributed by atoms with van der Waals surface area (Å²) in [5.41, 5.74) is 1.85. The van der Waals surface area contributed by atoms with Crippen molar-refractivity contribution in [2.75, 3.05) is 10.1 Å². The van der Waals surface area contributed by atoms with Crippen molar-refractivity contribution >= 4 is 62.5 Å². The number of carbonyl (C=O) groups is 1. The smallest absolute Gasteiger partial charge is 0.337 e. The molecule has 0 unspecified atom stereocenters. The molecule has 10 nitrogen and oxygen atoms in total. The largest absolute Gasteiger partial charge is 0.478 e. The van der Waals surface area contributed by atoms with Gasteiger partial charge in [0.05, 0.1) is 38.1 Å². The number of hydrogen-bond acceptors (Lipinski definition) is 7. The predicted octanol–water partition coefficient (Wildman–Crippen LogP) is 4.85. The van der Waals surface area contributed by atoms with Crippen LogP contribution in [0.3, 0.4) is 0 Å². The molecule has 0 aliphatic rings. The van der Waals surface area contributed by atoms with Gasteiger partial charge < -0.3 is 5.11 Å². The van der Waals surface area contributed by atoms with Crippen LogP contribution in [0.25, 0.3) is 0 Å². The fraction of sp³-hybridized carbons (Fsp3) is 0. The second kappa shape index (κ2) is 9.86. The summed E-state index contributed by atoms with van der Waals surface area (Å²) in [4.78, 5) is 21.3. The molecule has 3 aromatic rings. The number of nitrogens with one attached hydrogen (secondary N) is 2. The van der Waals surface area contributed by atoms with Gasteiger partial charge in [0.2, 0.25) is 0 Å². The van der Waals surface area contributed by atoms with E-state index in [1.165, 1.54) is 30.5 Å². The van der Waals surface area contributed by atoms with Gasteiger partial charge in [-0.05, 0) is 24.3 Å². The van der Waals surface area contributed by atoms with Crippen LogP contribution in [0.4, 0.5) is 17.1 Å². The number of carboxylic acid groups (broad SMARTS) is 1. The third-order valence-electron chi connectivity index (χ3n) is 4.24. The van der Waals surface area contributed by atoms with Gasteiger partial charge in [0.15, 0.2) is 0 Å². The zero-order valence-electron chi connectivity index (χ0n) is 16.4. The lowest BCUT2D eigenvalue weighted by Gasteiger charge is -2.13. The second-order valence-corrected chi connectivity index (χ2v) is 8.84. The summed E-state index contributed by atoms with van der Waals surface area (Å²) >= 11 is 12.0. The molecule has 0 heterocycles. The van der Waals surface area contributed by atoms with E-state index in [-0.39, 0.29) is 22.0 Å². The Morgan fingerprint density at radius 1 is 1.06 bits per heavy atom. The summed E-state index contributed by atoms with van der Waals surface area (Å²) in [5.74, 6) is -1.35. The van der Waals surface area contributed by atoms with E-state index >= 15 is 0 Å². The lowest BCUT2D eigenvalue weighted by Crippen LogP contribution is -2.17. The third-order valence-corrected chi connectivity index (χ3v) is 6.48. The number of nitrogens with zero attached hydrogens (tertiary/aromatic N) is 2. The Bertz CT molecular complexity index is 1380. The fourth-order valence-corrected chi connectivity index (χ4v) is 4.30. The Morgan fingerprint density at radius 2 is 1.79 bits per heavy atom. The SMILES string of the molecule is O=C(O)c1ccccc1NS(=O)(=O)c1cc([N+](=O)[O-])ccc1N/N=C/c1cccc(Cl)c1Cl. The normalized spacial score (nSPS) is 11.3. The maximum Gasteiger partial charge on any atom is 0.337 e. The number of para-hydroxylation sites is 1. The monoisotopic (exact) mass is 508 g/mol. The van der Waals surface area contributed by atoms with Gasteiger partial charge in [-0.3, -0.25) is 20.3 Å². The Kier molecular flexibility index (Phi) is 7.16. The fourth-order valence-electron chi connectivity index (χ4n) is 2.69. The van der Waals surface area contributed by atoms with Crippen LogP contribution in [0.2, 0.25) is 10.0 Å². The second-order valence-electron chi connectivity index (χ2n) is 6.41. The number of nitro groups is 1. The molecule has 3 aromatic carbocycles. The first kappa shape index (κ1) is 24.0. The number of nitro benzene ring substituents is 1. The van der Waals surface area contributed by atoms with Crippen molar-refractivity contribution in [3.8, 4) is 0 Å². The Morgan fingerprint density at radius 3 is 2.48 bits per heavy atom. The van der Waals surface area contributed by atoms with Crippen LogP contribution in [0, 0.1) is 10.1 Å². The number of carboxylic acids is 1. The van der Waals surface area contributed by atoms with E-state index in [4.69, 9.17) is 23.2 Å². The minimum Gasteiger partial charge on any atom is -0.478 e. The first-order valence-electron chi connectivity index (χ1n) is 8.97. The van der Waals surface area contributed by atoms with Gasteiger partial charge in [0.1, 0.15) is 4.90 Å². The number of anilines is 2. The summed E-state index contributed by atoms with van der Waals surface area (Å²) < 4.78 is 28.2. The standard InChI is InChI=1S/C20H14Cl2N4O6S/c21-15-6-3-4-12(19(15)22)11-23-24-17-9-8-13(26(29)30)10-18(17)33(31,32)25-16-7-2-1-5-14(16)20(27)28/h1-11,24-25H,(H,27,28)/b23-11+. The zero-order chi connectivity index (χ0) is 24.2. The van der Waals surface area contributed by atoms with E-state index < -0.39 is 31.5 Å². The highest BCUT2D eigenvalue weighted by atomic mass is 35.5. The van der Waals surface area contributed by atoms with Gasteiger partial charge in [0, 0.05) is 17.7 Å². The minimum absolute atomic E-state index is 0.102. The van der Waals surface area contributed by atoms with E-state index in [0.717, 1.165) is 18.2 Å². The highest BCUT2D eigenvalue weighted by molar-refractivity contribution is 7.93. The van der Waals surface area contributed by atoms with Crippen molar-refractivity contribution in [2.24, 2.45) is 5.10 Å². The topological polar surface area (TPSA) is 151 Å². The average Bonchev–Trinajstić information content (AvgIpc) is 2.76. The van der Waals surface area contributed by atoms with Crippen molar-refractivity contribution in [1.29, 1.82) is 0 Å². The molecular weight excluding hydrogens is 495 g/mol. The average molecular weight is 509 g/mol. The molecule has 170 valence electrons. The summed E-state index contributed by atoms with van der Waals surface area (Å²) in [7, 11) is -4.47. The van der Waals surface area contributed by atoms with E-state index in [9.17, 15) is 28.4 Å². The molecular formula is C20H14Cl2N4O6S. The van der Waals surface area contributed by atoms with Crippen molar-refractivity contribution in [1.82, 2.24) is 0 Å². The van der Waals surface area contributed by atoms with E-state index in [2.05, 4.69) is 15.2 Å². The van der Waals surface area contributed by atoms with Crippen LogP contribution in [0.5, 0.6) is 0 Å². The number of hydrazone groups is 1. The molecule has 0 saturated carbocycles. The summed E-state index contributed by atoms with van der Waals surface area (Å²) in [6, 6.07) is 13.3. The number of aromatic carboxylic acids is 1. The molecule has 0 aliphatic carbocycles. The van der Waals surface area contributed by atoms with Crippen LogP contribution in [-0.2, 0) is 10.0 Å². The summed E-state index contributed by atoms with van der Waals surface area (Å²) in [5, 5.41) is 25.0. The number of non-ortho nitro benzene ring substituents is 1. The third kappa shape index (κ3) is 5.58. The highest BCUT2D eigenvalue weighted by Crippen LogP contribution is 2.29. The van der Waals surface area contributed by atoms with Gasteiger partial charge in [-0.1, -0.05) is 47.5 Å². The number of benzene rings is 3. The van der Waals surface area contributed by atoms with Crippen LogP contribution in [-0.4, -0.2) is 30.6 Å². The van der Waals surface area contributed by atoms with Crippen molar-refractivity contribution in [3.63, 3.8) is 0 Å². The van der Waals surface area contributed by atoms with Gasteiger partial charge in [-0.15, -0.1) is 0 Å². The number of hydrogen-bond donors (Lipinski definition) is 3. The van der Waals surface area contributed by atoms with Gasteiger partial charge >= 0.3 is 5.97 Å². The predicted molar refractivity (Wildman–Crippen MR) is 125 cm³/mol. The molecule has 33 heavy (non-hydrogen) atoms. The maximum atomic E-state index is 13.0. The highest BCUT2D eigenvalue weighted by Gasteiger charge is 2.24. The summed E-state index contributed by atoms with van der Waals surface area (Å²) in [6.45, 7) is 0. The molecule has 0 aromatic heterocycles. The van der Waals surface area contributed by atoms with Crippen LogP contribution in [0.15, 0.2) is 70.7 Å². The van der Waals surface area contributed by atoms with Crippen molar-refractivity contribution in [3.05, 3.63) is 92.0 Å². The van der Waals surface area contributed by atoms with Crippen molar-refractivity contribution < 1.29 is 23.2 Å². The lowest BCUT2D eigenvalue weighted by molar-refractivity contribution is -0.385. The Balaban J connectivity index is 2.00. The van der Waals surface area contributed by atoms with Gasteiger partial charge in [0.25, 0.3) is 15.7 Å². The van der Waals surface area contributed by atoms with E-state index in [1.807, 2.05) is 0 Å². The molecule has 13 heteroatoms. The number of rotatable bonds is 8. The quantitative estimate of drug-likeness (QED) is 0.223. The van der Waals surface area contributed by atoms with Gasteiger partial charge in [-0.25, -0.2) is 13.2 Å². The Hall–Kier alpha value is -3.67. The Labute approximate surface area is 197 Å². The van der Waals surface area contributed by atoms with Gasteiger partial charge in [-0.2, -0.15) is 5.10 Å². The maximum absolute atomic E-state index is 13.0. The molecule has 0 radical (unpaired) electrons. The molecule has 0 atom stereocenters. The number of sulfonamides is 1. The van der Waals surface area contributed by atoms with Crippen LogP contribution in [0.1, 0.15) is 15.9 Å². The molecule has 0 fully saturated rings. The molecule has 0 amide bonds. The first-order valence-corrected chi connectivity index (χ1v) is 11.2. The molecule has 3 N–H and O–H groups in total. The molecule has 0 saturated heterocycles. The van der Waals surface area contributed by atoms with Crippen molar-refractivity contribution in [2.45, 2.75) is 4.90 Å². The minimum atomic E-state index is -4.47. The van der Waals surface area contributed by atoms with Crippen LogP contribution < -0.4 is 10.1 Å². The lowest BCUT2D eigenvalue weighted by atomic mass is 10.2. The summed E-state index contributed by atoms with van der Waals surface area (Å²) in [6.07, 6.45) is 1.29. The van der Waals surface area contributed by atoms with Crippen LogP contribution >= 0.6 is 23.2 Å². The van der Waals surface area contributed by atoms with E-state index in [1.54, 1.807) is 18.2 Å². The number of halogens is 2. The molecule has 0 bridgehead atoms. The molecule has 0 aliphatic heterocycles. The first-order chi connectivity index (χ1) is 15.6. The zero-order valence-corrected chi connectivity index (χ0v) is 18.7. The molecule has 0 spiro atoms. The molecule has 3 rings (SSSR count).